The summed E-state index contributed by atoms with van der Waals surface area (Å²) in [6.07, 6.45) is 0.450. The second-order valence-corrected chi connectivity index (χ2v) is 8.93. The molecule has 1 saturated heterocycles. The molecule has 1 fully saturated rings. The third-order valence-corrected chi connectivity index (χ3v) is 6.80. The van der Waals surface area contributed by atoms with Crippen molar-refractivity contribution in [2.45, 2.75) is 26.3 Å². The zero-order chi connectivity index (χ0) is 18.4. The van der Waals surface area contributed by atoms with Crippen LogP contribution < -0.4 is 0 Å². The highest BCUT2D eigenvalue weighted by Gasteiger charge is 2.34. The fourth-order valence-corrected chi connectivity index (χ4v) is 4.94. The Hall–Kier alpha value is -1.93. The van der Waals surface area contributed by atoms with Gasteiger partial charge in [0.2, 0.25) is 0 Å². The molecule has 1 aliphatic rings. The molecule has 2 heterocycles. The maximum absolute atomic E-state index is 12.7. The van der Waals surface area contributed by atoms with Crippen molar-refractivity contribution in [2.75, 3.05) is 18.6 Å². The van der Waals surface area contributed by atoms with Crippen molar-refractivity contribution in [1.29, 1.82) is 0 Å². The van der Waals surface area contributed by atoms with Crippen LogP contribution in [0.5, 0.6) is 0 Å². The van der Waals surface area contributed by atoms with E-state index >= 15 is 0 Å². The Kier molecular flexibility index (Phi) is 4.59. The van der Waals surface area contributed by atoms with E-state index < -0.39 is 9.84 Å². The molecule has 0 N–H and O–H groups in total. The number of carbonyl (C=O) groups is 1. The molecule has 0 saturated carbocycles. The van der Waals surface area contributed by atoms with Crippen molar-refractivity contribution in [2.24, 2.45) is 0 Å². The highest BCUT2D eigenvalue weighted by molar-refractivity contribution is 7.91. The molecule has 0 spiro atoms. The van der Waals surface area contributed by atoms with Gasteiger partial charge in [0.05, 0.1) is 22.9 Å². The lowest BCUT2D eigenvalue weighted by atomic mass is 10.2. The van der Waals surface area contributed by atoms with Gasteiger partial charge in [-0.15, -0.1) is 5.10 Å². The number of rotatable bonds is 3. The molecular weight excluding hydrogens is 364 g/mol. The van der Waals surface area contributed by atoms with E-state index in [0.29, 0.717) is 17.1 Å². The van der Waals surface area contributed by atoms with Crippen molar-refractivity contribution in [1.82, 2.24) is 19.9 Å². The molecule has 1 unspecified atom stereocenters. The summed E-state index contributed by atoms with van der Waals surface area (Å²) >= 11 is 6.16. The van der Waals surface area contributed by atoms with E-state index in [2.05, 4.69) is 10.3 Å². The number of benzene rings is 1. The van der Waals surface area contributed by atoms with Crippen molar-refractivity contribution in [3.8, 4) is 5.69 Å². The number of amides is 1. The molecule has 1 atom stereocenters. The van der Waals surface area contributed by atoms with Crippen LogP contribution in [0.1, 0.15) is 28.2 Å². The predicted molar refractivity (Wildman–Crippen MR) is 95.0 cm³/mol. The van der Waals surface area contributed by atoms with Gasteiger partial charge in [-0.05, 0) is 38.0 Å². The van der Waals surface area contributed by atoms with Crippen molar-refractivity contribution in [3.63, 3.8) is 0 Å². The number of carbonyl (C=O) groups excluding carboxylic acids is 1. The second kappa shape index (κ2) is 6.42. The van der Waals surface area contributed by atoms with E-state index in [9.17, 15) is 13.2 Å². The quantitative estimate of drug-likeness (QED) is 0.808. The zero-order valence-corrected chi connectivity index (χ0v) is 15.8. The third-order valence-electron chi connectivity index (χ3n) is 4.64. The van der Waals surface area contributed by atoms with Gasteiger partial charge in [0.25, 0.3) is 5.91 Å². The van der Waals surface area contributed by atoms with Gasteiger partial charge in [-0.2, -0.15) is 0 Å². The minimum Gasteiger partial charge on any atom is -0.336 e. The SMILES string of the molecule is Cc1c(Cl)cccc1-n1nnc(C(=O)N(C)C2CCS(=O)(=O)C2)c1C. The van der Waals surface area contributed by atoms with E-state index in [-0.39, 0.29) is 29.1 Å². The fourth-order valence-electron chi connectivity index (χ4n) is 2.99. The molecule has 1 amide bonds. The van der Waals surface area contributed by atoms with Gasteiger partial charge in [-0.3, -0.25) is 4.79 Å². The molecule has 1 aromatic carbocycles. The highest BCUT2D eigenvalue weighted by atomic mass is 35.5. The molecule has 1 aromatic heterocycles. The molecule has 0 bridgehead atoms. The second-order valence-electron chi connectivity index (χ2n) is 6.29. The van der Waals surface area contributed by atoms with Crippen LogP contribution in [0.25, 0.3) is 5.69 Å². The standard InChI is InChI=1S/C16H19ClN4O3S/c1-10-13(17)5-4-6-14(10)21-11(2)15(18-19-21)16(22)20(3)12-7-8-25(23,24)9-12/h4-6,12H,7-9H2,1-3H3. The molecule has 0 aliphatic carbocycles. The lowest BCUT2D eigenvalue weighted by Gasteiger charge is -2.22. The summed E-state index contributed by atoms with van der Waals surface area (Å²) in [6.45, 7) is 3.63. The van der Waals surface area contributed by atoms with Crippen LogP contribution in [0.3, 0.4) is 0 Å². The lowest BCUT2D eigenvalue weighted by Crippen LogP contribution is -2.38. The Morgan fingerprint density at radius 2 is 2.08 bits per heavy atom. The molecule has 0 radical (unpaired) electrons. The number of hydrogen-bond acceptors (Lipinski definition) is 5. The minimum atomic E-state index is -3.06. The maximum atomic E-state index is 12.7. The summed E-state index contributed by atoms with van der Waals surface area (Å²) in [4.78, 5) is 14.2. The summed E-state index contributed by atoms with van der Waals surface area (Å²) in [5.41, 5.74) is 2.39. The van der Waals surface area contributed by atoms with Gasteiger partial charge in [-0.1, -0.05) is 22.9 Å². The Balaban J connectivity index is 1.91. The molecule has 2 aromatic rings. The van der Waals surface area contributed by atoms with E-state index in [1.165, 1.54) is 4.90 Å². The Morgan fingerprint density at radius 1 is 1.36 bits per heavy atom. The van der Waals surface area contributed by atoms with Gasteiger partial charge < -0.3 is 4.90 Å². The van der Waals surface area contributed by atoms with Crippen LogP contribution in [-0.2, 0) is 9.84 Å². The molecule has 134 valence electrons. The van der Waals surface area contributed by atoms with E-state index in [4.69, 9.17) is 11.6 Å². The van der Waals surface area contributed by atoms with Crippen molar-refractivity contribution >= 4 is 27.3 Å². The first-order valence-corrected chi connectivity index (χ1v) is 10.1. The van der Waals surface area contributed by atoms with Gasteiger partial charge in [0.1, 0.15) is 0 Å². The van der Waals surface area contributed by atoms with Crippen molar-refractivity contribution in [3.05, 3.63) is 40.2 Å². The van der Waals surface area contributed by atoms with E-state index in [1.54, 1.807) is 24.7 Å². The summed E-state index contributed by atoms with van der Waals surface area (Å²) in [5, 5.41) is 8.71. The minimum absolute atomic E-state index is 0.00414. The first-order chi connectivity index (χ1) is 11.7. The van der Waals surface area contributed by atoms with Crippen LogP contribution in [0.4, 0.5) is 0 Å². The average Bonchev–Trinajstić information content (AvgIpc) is 3.11. The van der Waals surface area contributed by atoms with Gasteiger partial charge in [0, 0.05) is 18.1 Å². The summed E-state index contributed by atoms with van der Waals surface area (Å²) in [5.74, 6) is -0.219. The molecule has 7 nitrogen and oxygen atoms in total. The molecule has 1 aliphatic heterocycles. The fraction of sp³-hybridized carbons (Fsp3) is 0.438. The average molecular weight is 383 g/mol. The zero-order valence-electron chi connectivity index (χ0n) is 14.2. The monoisotopic (exact) mass is 382 g/mol. The number of halogens is 1. The Bertz CT molecular complexity index is 939. The number of aromatic nitrogens is 3. The first-order valence-electron chi connectivity index (χ1n) is 7.86. The summed E-state index contributed by atoms with van der Waals surface area (Å²) < 4.78 is 24.9. The number of nitrogens with zero attached hydrogens (tertiary/aromatic N) is 4. The number of hydrogen-bond donors (Lipinski definition) is 0. The lowest BCUT2D eigenvalue weighted by molar-refractivity contribution is 0.0741. The van der Waals surface area contributed by atoms with Gasteiger partial charge in [-0.25, -0.2) is 13.1 Å². The normalized spacial score (nSPS) is 19.1. The largest absolute Gasteiger partial charge is 0.336 e. The summed E-state index contributed by atoms with van der Waals surface area (Å²) in [7, 11) is -1.46. The van der Waals surface area contributed by atoms with Crippen LogP contribution in [0.2, 0.25) is 5.02 Å². The van der Waals surface area contributed by atoms with Crippen LogP contribution in [0, 0.1) is 13.8 Å². The third kappa shape index (κ3) is 3.28. The topological polar surface area (TPSA) is 85.2 Å². The highest BCUT2D eigenvalue weighted by Crippen LogP contribution is 2.24. The molecule has 25 heavy (non-hydrogen) atoms. The van der Waals surface area contributed by atoms with E-state index in [0.717, 1.165) is 11.3 Å². The Morgan fingerprint density at radius 3 is 2.72 bits per heavy atom. The Labute approximate surface area is 151 Å². The van der Waals surface area contributed by atoms with Crippen LogP contribution >= 0.6 is 11.6 Å². The molecule has 3 rings (SSSR count). The number of sulfone groups is 1. The molecular formula is C16H19ClN4O3S. The predicted octanol–water partition coefficient (Wildman–Crippen LogP) is 1.80. The van der Waals surface area contributed by atoms with Crippen LogP contribution in [0.15, 0.2) is 18.2 Å². The van der Waals surface area contributed by atoms with Gasteiger partial charge in [0.15, 0.2) is 15.5 Å². The van der Waals surface area contributed by atoms with E-state index in [1.807, 2.05) is 19.1 Å². The smallest absolute Gasteiger partial charge is 0.276 e. The first kappa shape index (κ1) is 17.9. The van der Waals surface area contributed by atoms with Crippen LogP contribution in [-0.4, -0.2) is 58.8 Å². The van der Waals surface area contributed by atoms with Crippen molar-refractivity contribution < 1.29 is 13.2 Å². The summed E-state index contributed by atoms with van der Waals surface area (Å²) in [6, 6.07) is 5.12. The molecule has 9 heteroatoms. The maximum Gasteiger partial charge on any atom is 0.276 e. The van der Waals surface area contributed by atoms with Gasteiger partial charge >= 0.3 is 0 Å².